The number of pyridine rings is 1. The summed E-state index contributed by atoms with van der Waals surface area (Å²) in [6, 6.07) is 10.0. The van der Waals surface area contributed by atoms with Gasteiger partial charge in [0.05, 0.1) is 22.8 Å². The molecule has 3 atom stereocenters. The van der Waals surface area contributed by atoms with Gasteiger partial charge in [-0.25, -0.2) is 9.78 Å². The maximum absolute atomic E-state index is 12.8. The monoisotopic (exact) mass is 532 g/mol. The van der Waals surface area contributed by atoms with Crippen LogP contribution in [-0.2, 0) is 9.57 Å². The number of hydrogen-bond donors (Lipinski definition) is 0. The topological polar surface area (TPSA) is 94.3 Å². The van der Waals surface area contributed by atoms with E-state index in [1.807, 2.05) is 59.0 Å². The molecule has 10 nitrogen and oxygen atoms in total. The Bertz CT molecular complexity index is 1410. The highest BCUT2D eigenvalue weighted by Gasteiger charge is 2.38. The zero-order chi connectivity index (χ0) is 27.3. The average molecular weight is 533 g/mol. The van der Waals surface area contributed by atoms with Crippen LogP contribution in [0.25, 0.3) is 11.0 Å². The average Bonchev–Trinajstić information content (AvgIpc) is 3.33. The van der Waals surface area contributed by atoms with E-state index >= 15 is 0 Å². The molecule has 1 aromatic carbocycles. The van der Waals surface area contributed by atoms with Crippen LogP contribution in [0.3, 0.4) is 0 Å². The van der Waals surface area contributed by atoms with Crippen LogP contribution in [0, 0.1) is 0 Å². The van der Waals surface area contributed by atoms with Crippen molar-refractivity contribution < 1.29 is 19.1 Å². The number of amides is 1. The predicted octanol–water partition coefficient (Wildman–Crippen LogP) is 4.74. The number of oxime groups is 1. The van der Waals surface area contributed by atoms with Crippen molar-refractivity contribution in [3.05, 3.63) is 47.8 Å². The second-order valence-electron chi connectivity index (χ2n) is 11.5. The highest BCUT2D eigenvalue weighted by Crippen LogP contribution is 2.45. The highest BCUT2D eigenvalue weighted by atomic mass is 16.6. The van der Waals surface area contributed by atoms with Crippen molar-refractivity contribution in [1.82, 2.24) is 19.4 Å². The van der Waals surface area contributed by atoms with E-state index in [0.29, 0.717) is 26.2 Å². The minimum atomic E-state index is -0.525. The van der Waals surface area contributed by atoms with Gasteiger partial charge in [0.15, 0.2) is 0 Å². The summed E-state index contributed by atoms with van der Waals surface area (Å²) in [4.78, 5) is 32.3. The Morgan fingerprint density at radius 3 is 2.67 bits per heavy atom. The molecule has 0 saturated carbocycles. The summed E-state index contributed by atoms with van der Waals surface area (Å²) in [6.07, 6.45) is 2.29. The molecule has 0 aliphatic carbocycles. The number of ether oxygens (including phenoxy) is 2. The number of anilines is 1. The Hall–Kier alpha value is -3.82. The van der Waals surface area contributed by atoms with Crippen molar-refractivity contribution in [2.75, 3.05) is 37.7 Å². The lowest BCUT2D eigenvalue weighted by atomic mass is 9.89. The standard InChI is InChI=1S/C29H36N6O4/c1-18-24(19(2)39-32-18)20-10-11-22-25-26(20)37-17-23(21-9-6-7-12-30-21)35(25)27(31-22)33-13-8-14-34(16-15-33)28(36)38-29(3,4)5/h6-7,9-12,19,23-24H,8,13-17H2,1-5H3/t19?,23-,24?/m1/s1. The zero-order valence-electron chi connectivity index (χ0n) is 23.3. The van der Waals surface area contributed by atoms with Crippen LogP contribution in [-0.4, -0.2) is 75.7 Å². The van der Waals surface area contributed by atoms with E-state index in [-0.39, 0.29) is 24.2 Å². The Morgan fingerprint density at radius 2 is 1.95 bits per heavy atom. The normalized spacial score (nSPS) is 23.2. The van der Waals surface area contributed by atoms with Gasteiger partial charge in [-0.1, -0.05) is 17.3 Å². The molecule has 3 aliphatic heterocycles. The number of carbonyl (C=O) groups is 1. The number of hydrogen-bond acceptors (Lipinski definition) is 8. The number of carbonyl (C=O) groups excluding carboxylic acids is 1. The van der Waals surface area contributed by atoms with E-state index in [2.05, 4.69) is 31.7 Å². The van der Waals surface area contributed by atoms with Gasteiger partial charge in [0.2, 0.25) is 5.95 Å². The first-order valence-corrected chi connectivity index (χ1v) is 13.7. The van der Waals surface area contributed by atoms with Gasteiger partial charge < -0.3 is 24.1 Å². The molecule has 3 aliphatic rings. The van der Waals surface area contributed by atoms with Gasteiger partial charge in [0.25, 0.3) is 0 Å². The zero-order valence-corrected chi connectivity index (χ0v) is 23.3. The molecule has 39 heavy (non-hydrogen) atoms. The van der Waals surface area contributed by atoms with Crippen LogP contribution in [0.2, 0.25) is 0 Å². The Morgan fingerprint density at radius 1 is 1.10 bits per heavy atom. The van der Waals surface area contributed by atoms with Crippen molar-refractivity contribution >= 4 is 28.8 Å². The SMILES string of the molecule is CC1=NOC(C)C1c1ccc2nc(N3CCCN(C(=O)OC(C)(C)C)CC3)n3c2c1OC[C@@H]3c1ccccn1. The molecule has 5 heterocycles. The fraction of sp³-hybridized carbons (Fsp3) is 0.517. The molecular weight excluding hydrogens is 496 g/mol. The number of nitrogens with zero attached hydrogens (tertiary/aromatic N) is 6. The van der Waals surface area contributed by atoms with Crippen molar-refractivity contribution in [3.8, 4) is 5.75 Å². The molecule has 0 N–H and O–H groups in total. The second kappa shape index (κ2) is 9.73. The third-order valence-corrected chi connectivity index (χ3v) is 7.59. The van der Waals surface area contributed by atoms with E-state index in [0.717, 1.165) is 52.7 Å². The fourth-order valence-corrected chi connectivity index (χ4v) is 5.83. The lowest BCUT2D eigenvalue weighted by Gasteiger charge is -2.32. The first-order valence-electron chi connectivity index (χ1n) is 13.7. The third kappa shape index (κ3) is 4.66. The molecule has 206 valence electrons. The summed E-state index contributed by atoms with van der Waals surface area (Å²) >= 11 is 0. The van der Waals surface area contributed by atoms with Crippen LogP contribution in [0.15, 0.2) is 41.7 Å². The van der Waals surface area contributed by atoms with E-state index in [1.165, 1.54) is 0 Å². The molecule has 2 unspecified atom stereocenters. The quantitative estimate of drug-likeness (QED) is 0.481. The summed E-state index contributed by atoms with van der Waals surface area (Å²) in [5.74, 6) is 1.72. The summed E-state index contributed by atoms with van der Waals surface area (Å²) in [5.41, 5.74) is 4.24. The van der Waals surface area contributed by atoms with Crippen LogP contribution in [0.1, 0.15) is 64.3 Å². The lowest BCUT2D eigenvalue weighted by Crippen LogP contribution is -2.39. The smallest absolute Gasteiger partial charge is 0.410 e. The van der Waals surface area contributed by atoms with Crippen molar-refractivity contribution in [2.24, 2.45) is 5.16 Å². The number of imidazole rings is 1. The molecule has 3 aromatic rings. The van der Waals surface area contributed by atoms with Gasteiger partial charge >= 0.3 is 6.09 Å². The number of benzene rings is 1. The second-order valence-corrected chi connectivity index (χ2v) is 11.5. The molecule has 1 amide bonds. The Labute approximate surface area is 228 Å². The van der Waals surface area contributed by atoms with Crippen LogP contribution in [0.5, 0.6) is 5.75 Å². The third-order valence-electron chi connectivity index (χ3n) is 7.59. The predicted molar refractivity (Wildman–Crippen MR) is 149 cm³/mol. The van der Waals surface area contributed by atoms with Gasteiger partial charge in [-0.3, -0.25) is 9.55 Å². The molecular formula is C29H36N6O4. The maximum atomic E-state index is 12.8. The summed E-state index contributed by atoms with van der Waals surface area (Å²) in [5, 5.41) is 4.24. The lowest BCUT2D eigenvalue weighted by molar-refractivity contribution is 0.0263. The van der Waals surface area contributed by atoms with Gasteiger partial charge in [-0.05, 0) is 59.2 Å². The molecule has 2 aromatic heterocycles. The Balaban J connectivity index is 1.41. The van der Waals surface area contributed by atoms with Crippen LogP contribution < -0.4 is 9.64 Å². The Kier molecular flexibility index (Phi) is 6.35. The van der Waals surface area contributed by atoms with Crippen molar-refractivity contribution in [1.29, 1.82) is 0 Å². The fourth-order valence-electron chi connectivity index (χ4n) is 5.83. The highest BCUT2D eigenvalue weighted by molar-refractivity contribution is 5.94. The van der Waals surface area contributed by atoms with E-state index < -0.39 is 5.60 Å². The summed E-state index contributed by atoms with van der Waals surface area (Å²) in [6.45, 7) is 12.8. The van der Waals surface area contributed by atoms with Gasteiger partial charge in [-0.15, -0.1) is 0 Å². The summed E-state index contributed by atoms with van der Waals surface area (Å²) in [7, 11) is 0. The molecule has 10 heteroatoms. The molecule has 6 rings (SSSR count). The molecule has 1 saturated heterocycles. The molecule has 1 fully saturated rings. The number of rotatable bonds is 3. The first-order chi connectivity index (χ1) is 18.7. The van der Waals surface area contributed by atoms with E-state index in [4.69, 9.17) is 19.3 Å². The largest absolute Gasteiger partial charge is 0.488 e. The molecule has 0 radical (unpaired) electrons. The molecule has 0 spiro atoms. The first kappa shape index (κ1) is 25.5. The van der Waals surface area contributed by atoms with E-state index in [1.54, 1.807) is 4.90 Å². The minimum Gasteiger partial charge on any atom is -0.488 e. The van der Waals surface area contributed by atoms with Gasteiger partial charge in [-0.2, -0.15) is 0 Å². The van der Waals surface area contributed by atoms with Crippen molar-refractivity contribution in [2.45, 2.75) is 64.7 Å². The minimum absolute atomic E-state index is 0.0168. The summed E-state index contributed by atoms with van der Waals surface area (Å²) < 4.78 is 14.5. The van der Waals surface area contributed by atoms with Crippen LogP contribution >= 0.6 is 0 Å². The van der Waals surface area contributed by atoms with Crippen LogP contribution in [0.4, 0.5) is 10.7 Å². The number of aromatic nitrogens is 3. The van der Waals surface area contributed by atoms with E-state index in [9.17, 15) is 4.79 Å². The van der Waals surface area contributed by atoms with Gasteiger partial charge in [0.1, 0.15) is 35.6 Å². The van der Waals surface area contributed by atoms with Crippen molar-refractivity contribution in [3.63, 3.8) is 0 Å². The van der Waals surface area contributed by atoms with Gasteiger partial charge in [0, 0.05) is 37.9 Å². The maximum Gasteiger partial charge on any atom is 0.410 e. The molecule has 0 bridgehead atoms.